The van der Waals surface area contributed by atoms with E-state index in [1.807, 2.05) is 17.0 Å². The number of piperazine rings is 1. The number of fused-ring (bicyclic) bond motifs is 1. The van der Waals surface area contributed by atoms with Crippen molar-refractivity contribution >= 4 is 17.9 Å². The van der Waals surface area contributed by atoms with Crippen molar-refractivity contribution in [3.8, 4) is 11.5 Å². The smallest absolute Gasteiger partial charge is 0.413 e. The third-order valence-corrected chi connectivity index (χ3v) is 4.26. The fourth-order valence-corrected chi connectivity index (χ4v) is 2.88. The normalized spacial score (nSPS) is 19.6. The van der Waals surface area contributed by atoms with Crippen LogP contribution in [0.5, 0.6) is 11.5 Å². The molecule has 1 aromatic rings. The number of alkyl carbamates (subject to hydrolysis) is 1. The monoisotopic (exact) mass is 363 g/mol. The van der Waals surface area contributed by atoms with E-state index >= 15 is 0 Å². The molecule has 9 nitrogen and oxygen atoms in total. The van der Waals surface area contributed by atoms with Crippen LogP contribution in [0.2, 0.25) is 0 Å². The van der Waals surface area contributed by atoms with Gasteiger partial charge in [-0.05, 0) is 12.1 Å². The van der Waals surface area contributed by atoms with Gasteiger partial charge in [0.2, 0.25) is 12.0 Å². The molecule has 0 bridgehead atoms. The molecule has 1 N–H and O–H groups in total. The van der Waals surface area contributed by atoms with Crippen molar-refractivity contribution in [2.24, 2.45) is 0 Å². The summed E-state index contributed by atoms with van der Waals surface area (Å²) in [6.45, 7) is 2.28. The van der Waals surface area contributed by atoms with Gasteiger partial charge in [-0.3, -0.25) is 19.8 Å². The number of carbonyl (C=O) groups excluding carboxylic acids is 3. The Hall–Kier alpha value is -2.81. The van der Waals surface area contributed by atoms with Crippen LogP contribution in [-0.2, 0) is 14.3 Å². The fourth-order valence-electron chi connectivity index (χ4n) is 2.88. The average Bonchev–Trinajstić information content (AvgIpc) is 2.67. The second-order valence-corrected chi connectivity index (χ2v) is 6.01. The van der Waals surface area contributed by atoms with Crippen molar-refractivity contribution in [2.75, 3.05) is 46.4 Å². The first kappa shape index (κ1) is 18.0. The largest absolute Gasteiger partial charge is 0.485 e. The van der Waals surface area contributed by atoms with Crippen LogP contribution in [0.1, 0.15) is 0 Å². The van der Waals surface area contributed by atoms with Gasteiger partial charge in [-0.2, -0.15) is 0 Å². The maximum Gasteiger partial charge on any atom is 0.413 e. The zero-order chi connectivity index (χ0) is 18.5. The summed E-state index contributed by atoms with van der Waals surface area (Å²) in [6, 6.07) is 7.24. The van der Waals surface area contributed by atoms with Crippen LogP contribution in [0.3, 0.4) is 0 Å². The van der Waals surface area contributed by atoms with Crippen LogP contribution in [0.25, 0.3) is 0 Å². The van der Waals surface area contributed by atoms with Gasteiger partial charge in [0, 0.05) is 26.2 Å². The van der Waals surface area contributed by atoms with Crippen LogP contribution in [0.15, 0.2) is 24.3 Å². The molecular weight excluding hydrogens is 342 g/mol. The van der Waals surface area contributed by atoms with Gasteiger partial charge < -0.3 is 19.1 Å². The summed E-state index contributed by atoms with van der Waals surface area (Å²) in [4.78, 5) is 38.9. The Bertz CT molecular complexity index is 687. The van der Waals surface area contributed by atoms with Gasteiger partial charge in [0.1, 0.15) is 6.61 Å². The highest BCUT2D eigenvalue weighted by molar-refractivity contribution is 5.92. The Morgan fingerprint density at radius 1 is 1.15 bits per heavy atom. The maximum atomic E-state index is 12.6. The number of rotatable bonds is 3. The van der Waals surface area contributed by atoms with Crippen LogP contribution in [-0.4, -0.2) is 80.3 Å². The molecule has 1 aromatic carbocycles. The number of imide groups is 1. The first-order valence-corrected chi connectivity index (χ1v) is 8.34. The molecule has 140 valence electrons. The van der Waals surface area contributed by atoms with E-state index in [1.54, 1.807) is 17.0 Å². The first-order valence-electron chi connectivity index (χ1n) is 8.34. The fraction of sp³-hybridized carbons (Fsp3) is 0.471. The number of para-hydroxylation sites is 2. The molecule has 0 spiro atoms. The molecule has 2 aliphatic heterocycles. The summed E-state index contributed by atoms with van der Waals surface area (Å²) >= 11 is 0. The maximum absolute atomic E-state index is 12.6. The van der Waals surface area contributed by atoms with Crippen LogP contribution >= 0.6 is 0 Å². The SMILES string of the molecule is COC(=O)NC(=O)CN1CCN(C(=O)[C@@H]2COc3ccccc3O2)CC1. The summed E-state index contributed by atoms with van der Waals surface area (Å²) in [5.74, 6) is 0.642. The minimum atomic E-state index is -0.779. The Morgan fingerprint density at radius 2 is 1.85 bits per heavy atom. The lowest BCUT2D eigenvalue weighted by Crippen LogP contribution is -2.55. The molecule has 2 heterocycles. The van der Waals surface area contributed by atoms with Gasteiger partial charge >= 0.3 is 6.09 Å². The Labute approximate surface area is 150 Å². The van der Waals surface area contributed by atoms with E-state index in [0.717, 1.165) is 0 Å². The topological polar surface area (TPSA) is 97.4 Å². The molecule has 0 unspecified atom stereocenters. The minimum absolute atomic E-state index is 0.0769. The summed E-state index contributed by atoms with van der Waals surface area (Å²) in [5.41, 5.74) is 0. The number of benzene rings is 1. The predicted octanol–water partition coefficient (Wildman–Crippen LogP) is -0.147. The van der Waals surface area contributed by atoms with Gasteiger partial charge in [-0.25, -0.2) is 4.79 Å². The average molecular weight is 363 g/mol. The number of hydrogen-bond donors (Lipinski definition) is 1. The van der Waals surface area contributed by atoms with Crippen LogP contribution in [0, 0.1) is 0 Å². The van der Waals surface area contributed by atoms with Crippen molar-refractivity contribution in [1.29, 1.82) is 0 Å². The molecule has 0 aromatic heterocycles. The number of amides is 3. The van der Waals surface area contributed by atoms with Crippen LogP contribution in [0.4, 0.5) is 4.79 Å². The third kappa shape index (κ3) is 4.23. The van der Waals surface area contributed by atoms with Crippen molar-refractivity contribution < 1.29 is 28.6 Å². The second kappa shape index (κ2) is 8.05. The highest BCUT2D eigenvalue weighted by Crippen LogP contribution is 2.31. The zero-order valence-corrected chi connectivity index (χ0v) is 14.5. The predicted molar refractivity (Wildman–Crippen MR) is 89.9 cm³/mol. The van der Waals surface area contributed by atoms with Crippen molar-refractivity contribution in [2.45, 2.75) is 6.10 Å². The Morgan fingerprint density at radius 3 is 2.54 bits per heavy atom. The molecule has 0 radical (unpaired) electrons. The van der Waals surface area contributed by atoms with Gasteiger partial charge in [0.05, 0.1) is 13.7 Å². The van der Waals surface area contributed by atoms with Crippen molar-refractivity contribution in [3.63, 3.8) is 0 Å². The van der Waals surface area contributed by atoms with E-state index in [2.05, 4.69) is 10.1 Å². The molecule has 3 rings (SSSR count). The lowest BCUT2D eigenvalue weighted by atomic mass is 10.2. The number of methoxy groups -OCH3 is 1. The van der Waals surface area contributed by atoms with Crippen molar-refractivity contribution in [3.05, 3.63) is 24.3 Å². The highest BCUT2D eigenvalue weighted by Gasteiger charge is 2.32. The molecule has 1 fully saturated rings. The van der Waals surface area contributed by atoms with Crippen molar-refractivity contribution in [1.82, 2.24) is 15.1 Å². The third-order valence-electron chi connectivity index (χ3n) is 4.26. The van der Waals surface area contributed by atoms with E-state index in [1.165, 1.54) is 7.11 Å². The molecule has 1 saturated heterocycles. The quantitative estimate of drug-likeness (QED) is 0.798. The molecule has 1 atom stereocenters. The number of ether oxygens (including phenoxy) is 3. The molecule has 9 heteroatoms. The second-order valence-electron chi connectivity index (χ2n) is 6.01. The van der Waals surface area contributed by atoms with Crippen LogP contribution < -0.4 is 14.8 Å². The zero-order valence-electron chi connectivity index (χ0n) is 14.5. The van der Waals surface area contributed by atoms with E-state index in [-0.39, 0.29) is 19.1 Å². The summed E-state index contributed by atoms with van der Waals surface area (Å²) in [6.07, 6.45) is -1.45. The summed E-state index contributed by atoms with van der Waals surface area (Å²) in [5, 5.41) is 2.11. The molecular formula is C17H21N3O6. The molecule has 2 aliphatic rings. The van der Waals surface area contributed by atoms with E-state index in [0.29, 0.717) is 37.7 Å². The molecule has 0 saturated carbocycles. The van der Waals surface area contributed by atoms with Gasteiger partial charge in [-0.1, -0.05) is 12.1 Å². The molecule has 0 aliphatic carbocycles. The van der Waals surface area contributed by atoms with E-state index in [4.69, 9.17) is 9.47 Å². The lowest BCUT2D eigenvalue weighted by Gasteiger charge is -2.36. The van der Waals surface area contributed by atoms with Gasteiger partial charge in [-0.15, -0.1) is 0 Å². The summed E-state index contributed by atoms with van der Waals surface area (Å²) < 4.78 is 15.7. The number of carbonyl (C=O) groups is 3. The molecule has 3 amide bonds. The van der Waals surface area contributed by atoms with E-state index < -0.39 is 18.1 Å². The van der Waals surface area contributed by atoms with Gasteiger partial charge in [0.25, 0.3) is 5.91 Å². The number of nitrogens with zero attached hydrogens (tertiary/aromatic N) is 2. The Kier molecular flexibility index (Phi) is 5.57. The minimum Gasteiger partial charge on any atom is -0.485 e. The number of hydrogen-bond acceptors (Lipinski definition) is 7. The lowest BCUT2D eigenvalue weighted by molar-refractivity contribution is -0.143. The number of nitrogens with one attached hydrogen (secondary N) is 1. The standard InChI is InChI=1S/C17H21N3O6/c1-24-17(23)18-15(21)10-19-6-8-20(9-7-19)16(22)14-11-25-12-4-2-3-5-13(12)26-14/h2-5,14H,6-11H2,1H3,(H,18,21,23)/t14-/m0/s1. The highest BCUT2D eigenvalue weighted by atomic mass is 16.6. The summed E-state index contributed by atoms with van der Waals surface area (Å²) in [7, 11) is 1.20. The first-order chi connectivity index (χ1) is 12.6. The van der Waals surface area contributed by atoms with E-state index in [9.17, 15) is 14.4 Å². The molecule has 26 heavy (non-hydrogen) atoms. The Balaban J connectivity index is 1.47. The van der Waals surface area contributed by atoms with Gasteiger partial charge in [0.15, 0.2) is 11.5 Å².